The maximum absolute atomic E-state index is 12.5. The smallest absolute Gasteiger partial charge is 0.319 e. The van der Waals surface area contributed by atoms with Crippen LogP contribution in [0.15, 0.2) is 18.2 Å². The van der Waals surface area contributed by atoms with Crippen LogP contribution >= 0.6 is 0 Å². The molecule has 4 amide bonds. The van der Waals surface area contributed by atoms with Crippen molar-refractivity contribution in [1.82, 2.24) is 9.80 Å². The maximum atomic E-state index is 12.5. The van der Waals surface area contributed by atoms with E-state index in [1.165, 1.54) is 4.90 Å². The van der Waals surface area contributed by atoms with Gasteiger partial charge in [0.2, 0.25) is 11.8 Å². The number of anilines is 2. The SMILES string of the molecule is Cc1cc(NC(=O)N2CCN(C)C[C@H]2C)ccc1N1C(=O)CCC1=O. The highest BCUT2D eigenvalue weighted by molar-refractivity contribution is 6.20. The Balaban J connectivity index is 1.72. The first-order valence-corrected chi connectivity index (χ1v) is 8.59. The Morgan fingerprint density at radius 3 is 2.44 bits per heavy atom. The minimum Gasteiger partial charge on any atom is -0.319 e. The van der Waals surface area contributed by atoms with Crippen LogP contribution in [-0.2, 0) is 9.59 Å². The van der Waals surface area contributed by atoms with Gasteiger partial charge in [0.05, 0.1) is 5.69 Å². The van der Waals surface area contributed by atoms with Gasteiger partial charge in [-0.25, -0.2) is 4.79 Å². The molecule has 2 aliphatic rings. The number of hydrogen-bond donors (Lipinski definition) is 1. The van der Waals surface area contributed by atoms with Gasteiger partial charge in [-0.1, -0.05) is 0 Å². The lowest BCUT2D eigenvalue weighted by molar-refractivity contribution is -0.121. The molecule has 0 unspecified atom stereocenters. The first kappa shape index (κ1) is 17.4. The van der Waals surface area contributed by atoms with Crippen LogP contribution in [0.5, 0.6) is 0 Å². The van der Waals surface area contributed by atoms with Crippen molar-refractivity contribution in [2.24, 2.45) is 0 Å². The normalized spacial score (nSPS) is 21.8. The minimum atomic E-state index is -0.170. The van der Waals surface area contributed by atoms with Crippen molar-refractivity contribution in [3.63, 3.8) is 0 Å². The molecule has 2 heterocycles. The summed E-state index contributed by atoms with van der Waals surface area (Å²) < 4.78 is 0. The first-order valence-electron chi connectivity index (χ1n) is 8.59. The fourth-order valence-electron chi connectivity index (χ4n) is 3.47. The van der Waals surface area contributed by atoms with Crippen molar-refractivity contribution in [3.05, 3.63) is 23.8 Å². The Kier molecular flexibility index (Phi) is 4.76. The van der Waals surface area contributed by atoms with Gasteiger partial charge in [-0.05, 0) is 44.7 Å². The Hall–Kier alpha value is -2.41. The number of nitrogens with zero attached hydrogens (tertiary/aromatic N) is 3. The van der Waals surface area contributed by atoms with E-state index in [1.807, 2.05) is 18.7 Å². The number of hydrogen-bond acceptors (Lipinski definition) is 4. The number of benzene rings is 1. The van der Waals surface area contributed by atoms with Crippen molar-refractivity contribution < 1.29 is 14.4 Å². The summed E-state index contributed by atoms with van der Waals surface area (Å²) in [6, 6.07) is 5.28. The van der Waals surface area contributed by atoms with E-state index in [0.717, 1.165) is 18.7 Å². The Morgan fingerprint density at radius 1 is 1.16 bits per heavy atom. The fourth-order valence-corrected chi connectivity index (χ4v) is 3.47. The first-order chi connectivity index (χ1) is 11.9. The molecule has 1 atom stereocenters. The van der Waals surface area contributed by atoms with Gasteiger partial charge in [0.25, 0.3) is 0 Å². The van der Waals surface area contributed by atoms with Crippen LogP contribution < -0.4 is 10.2 Å². The highest BCUT2D eigenvalue weighted by atomic mass is 16.2. The van der Waals surface area contributed by atoms with Crippen molar-refractivity contribution in [2.75, 3.05) is 36.9 Å². The van der Waals surface area contributed by atoms with E-state index in [1.54, 1.807) is 18.2 Å². The van der Waals surface area contributed by atoms with Crippen molar-refractivity contribution in [3.8, 4) is 0 Å². The number of urea groups is 1. The second-order valence-corrected chi connectivity index (χ2v) is 6.86. The van der Waals surface area contributed by atoms with Gasteiger partial charge in [-0.3, -0.25) is 14.5 Å². The number of rotatable bonds is 2. The van der Waals surface area contributed by atoms with Crippen LogP contribution in [0.4, 0.5) is 16.2 Å². The predicted octanol–water partition coefficient (Wildman–Crippen LogP) is 1.82. The fraction of sp³-hybridized carbons (Fsp3) is 0.500. The Labute approximate surface area is 147 Å². The number of aryl methyl sites for hydroxylation is 1. The highest BCUT2D eigenvalue weighted by Gasteiger charge is 2.31. The topological polar surface area (TPSA) is 73.0 Å². The van der Waals surface area contributed by atoms with Gasteiger partial charge in [0, 0.05) is 44.2 Å². The second kappa shape index (κ2) is 6.84. The zero-order chi connectivity index (χ0) is 18.1. The Bertz CT molecular complexity index is 702. The van der Waals surface area contributed by atoms with Crippen LogP contribution in [-0.4, -0.2) is 60.4 Å². The molecule has 25 heavy (non-hydrogen) atoms. The average Bonchev–Trinajstić information content (AvgIpc) is 2.86. The molecule has 1 aromatic carbocycles. The molecule has 2 saturated heterocycles. The molecule has 2 aliphatic heterocycles. The summed E-state index contributed by atoms with van der Waals surface area (Å²) in [5.74, 6) is -0.340. The van der Waals surface area contributed by atoms with Gasteiger partial charge in [-0.2, -0.15) is 0 Å². The van der Waals surface area contributed by atoms with E-state index < -0.39 is 0 Å². The maximum Gasteiger partial charge on any atom is 0.322 e. The van der Waals surface area contributed by atoms with Crippen LogP contribution in [0.1, 0.15) is 25.3 Å². The number of carbonyl (C=O) groups is 3. The molecule has 3 rings (SSSR count). The monoisotopic (exact) mass is 344 g/mol. The molecule has 2 fully saturated rings. The summed E-state index contributed by atoms with van der Waals surface area (Å²) in [5.41, 5.74) is 2.04. The van der Waals surface area contributed by atoms with Crippen LogP contribution in [0, 0.1) is 6.92 Å². The molecule has 0 radical (unpaired) electrons. The largest absolute Gasteiger partial charge is 0.322 e. The molecular weight excluding hydrogens is 320 g/mol. The van der Waals surface area contributed by atoms with E-state index in [9.17, 15) is 14.4 Å². The lowest BCUT2D eigenvalue weighted by Crippen LogP contribution is -2.53. The van der Waals surface area contributed by atoms with Gasteiger partial charge in [0.15, 0.2) is 0 Å². The number of imide groups is 1. The number of amides is 4. The molecule has 0 aliphatic carbocycles. The second-order valence-electron chi connectivity index (χ2n) is 6.86. The van der Waals surface area contributed by atoms with Crippen LogP contribution in [0.2, 0.25) is 0 Å². The number of nitrogens with one attached hydrogen (secondary N) is 1. The van der Waals surface area contributed by atoms with Gasteiger partial charge >= 0.3 is 6.03 Å². The average molecular weight is 344 g/mol. The summed E-state index contributed by atoms with van der Waals surface area (Å²) in [4.78, 5) is 41.6. The third-order valence-corrected chi connectivity index (χ3v) is 4.83. The molecule has 0 bridgehead atoms. The summed E-state index contributed by atoms with van der Waals surface area (Å²) in [6.45, 7) is 6.27. The molecule has 0 spiro atoms. The van der Waals surface area contributed by atoms with Crippen LogP contribution in [0.3, 0.4) is 0 Å². The molecule has 0 aromatic heterocycles. The van der Waals surface area contributed by atoms with Crippen molar-refractivity contribution >= 4 is 29.2 Å². The summed E-state index contributed by atoms with van der Waals surface area (Å²) >= 11 is 0. The lowest BCUT2D eigenvalue weighted by atomic mass is 10.1. The number of piperazine rings is 1. The minimum absolute atomic E-state index is 0.124. The summed E-state index contributed by atoms with van der Waals surface area (Å²) in [6.07, 6.45) is 0.524. The van der Waals surface area contributed by atoms with Crippen molar-refractivity contribution in [1.29, 1.82) is 0 Å². The van der Waals surface area contributed by atoms with Gasteiger partial charge in [0.1, 0.15) is 0 Å². The zero-order valence-electron chi connectivity index (χ0n) is 14.9. The van der Waals surface area contributed by atoms with E-state index in [4.69, 9.17) is 0 Å². The third kappa shape index (κ3) is 3.51. The molecule has 7 heteroatoms. The summed E-state index contributed by atoms with van der Waals surface area (Å²) in [5, 5.41) is 2.92. The Morgan fingerprint density at radius 2 is 1.84 bits per heavy atom. The third-order valence-electron chi connectivity index (χ3n) is 4.83. The standard InChI is InChI=1S/C18H24N4O3/c1-12-10-14(4-5-15(12)22-16(23)6-7-17(22)24)19-18(25)21-9-8-20(3)11-13(21)2/h4-5,10,13H,6-9,11H2,1-3H3,(H,19,25)/t13-/m1/s1. The molecule has 0 saturated carbocycles. The molecule has 1 aromatic rings. The van der Waals surface area contributed by atoms with Gasteiger partial charge in [-0.15, -0.1) is 0 Å². The van der Waals surface area contributed by atoms with E-state index in [-0.39, 0.29) is 36.7 Å². The highest BCUT2D eigenvalue weighted by Crippen LogP contribution is 2.28. The van der Waals surface area contributed by atoms with Crippen LogP contribution in [0.25, 0.3) is 0 Å². The molecule has 7 nitrogen and oxygen atoms in total. The van der Waals surface area contributed by atoms with E-state index in [0.29, 0.717) is 17.9 Å². The van der Waals surface area contributed by atoms with Crippen molar-refractivity contribution in [2.45, 2.75) is 32.7 Å². The lowest BCUT2D eigenvalue weighted by Gasteiger charge is -2.38. The van der Waals surface area contributed by atoms with Gasteiger partial charge < -0.3 is 15.1 Å². The quantitative estimate of drug-likeness (QED) is 0.831. The number of carbonyl (C=O) groups excluding carboxylic acids is 3. The van der Waals surface area contributed by atoms with E-state index >= 15 is 0 Å². The van der Waals surface area contributed by atoms with E-state index in [2.05, 4.69) is 17.3 Å². The summed E-state index contributed by atoms with van der Waals surface area (Å²) in [7, 11) is 2.05. The zero-order valence-corrected chi connectivity index (χ0v) is 14.9. The predicted molar refractivity (Wildman–Crippen MR) is 95.6 cm³/mol. The molecular formula is C18H24N4O3. The number of likely N-dealkylation sites (N-methyl/N-ethyl adjacent to an activating group) is 1. The molecule has 134 valence electrons. The molecule has 1 N–H and O–H groups in total.